The van der Waals surface area contributed by atoms with E-state index in [-0.39, 0.29) is 0 Å². The van der Waals surface area contributed by atoms with Crippen molar-refractivity contribution in [3.63, 3.8) is 0 Å². The molecule has 0 heterocycles. The van der Waals surface area contributed by atoms with Crippen molar-refractivity contribution in [3.8, 4) is 0 Å². The fraction of sp³-hybridized carbons (Fsp3) is 0.647. The number of hydrogen-bond donors (Lipinski definition) is 0. The van der Waals surface area contributed by atoms with E-state index in [1.54, 1.807) is 44.1 Å². The van der Waals surface area contributed by atoms with Crippen LogP contribution in [0.3, 0.4) is 0 Å². The Balaban J connectivity index is 1.48. The number of rotatable bonds is 3. The molecule has 0 amide bonds. The fourth-order valence-corrected chi connectivity index (χ4v) is 7.33. The minimum absolute atomic E-state index is 0.782. The highest BCUT2D eigenvalue weighted by Gasteiger charge is 2.50. The Labute approximate surface area is 112 Å². The number of benzene rings is 1. The molecule has 0 aromatic heterocycles. The van der Waals surface area contributed by atoms with Crippen LogP contribution in [0.4, 0.5) is 0 Å². The van der Waals surface area contributed by atoms with Crippen LogP contribution in [0.5, 0.6) is 0 Å². The Kier molecular flexibility index (Phi) is 2.77. The molecule has 4 bridgehead atoms. The van der Waals surface area contributed by atoms with Crippen LogP contribution in [-0.2, 0) is 6.16 Å². The molecular weight excluding hydrogens is 235 g/mol. The second-order valence-corrected chi connectivity index (χ2v) is 8.80. The van der Waals surface area contributed by atoms with Gasteiger partial charge in [0.05, 0.1) is 0 Å². The summed E-state index contributed by atoms with van der Waals surface area (Å²) in [5.41, 5.74) is 1.56. The van der Waals surface area contributed by atoms with Crippen molar-refractivity contribution >= 4 is 8.58 Å². The van der Waals surface area contributed by atoms with Gasteiger partial charge in [-0.25, -0.2) is 0 Å². The normalized spacial score (nSPS) is 41.9. The zero-order valence-corrected chi connectivity index (χ0v) is 12.1. The first-order chi connectivity index (χ1) is 8.81. The molecule has 4 fully saturated rings. The van der Waals surface area contributed by atoms with E-state index >= 15 is 0 Å². The zero-order valence-electron chi connectivity index (χ0n) is 11.1. The lowest BCUT2D eigenvalue weighted by Gasteiger charge is -2.57. The third kappa shape index (κ3) is 2.03. The first-order valence-corrected chi connectivity index (χ1v) is 8.81. The molecule has 4 aliphatic rings. The summed E-state index contributed by atoms with van der Waals surface area (Å²) in [6.07, 6.45) is 10.8. The Morgan fingerprint density at radius 1 is 0.889 bits per heavy atom. The predicted octanol–water partition coefficient (Wildman–Crippen LogP) is 4.83. The largest absolute Gasteiger partial charge is 0.111 e. The van der Waals surface area contributed by atoms with Gasteiger partial charge in [-0.3, -0.25) is 0 Å². The molecule has 5 rings (SSSR count). The molecule has 4 saturated carbocycles. The summed E-state index contributed by atoms with van der Waals surface area (Å²) >= 11 is 0. The number of hydrogen-bond acceptors (Lipinski definition) is 0. The third-order valence-corrected chi connectivity index (χ3v) is 7.50. The van der Waals surface area contributed by atoms with E-state index < -0.39 is 0 Å². The molecule has 96 valence electrons. The molecule has 1 unspecified atom stereocenters. The predicted molar refractivity (Wildman–Crippen MR) is 79.4 cm³/mol. The molecule has 1 aromatic carbocycles. The quantitative estimate of drug-likeness (QED) is 0.681. The van der Waals surface area contributed by atoms with Crippen molar-refractivity contribution in [2.75, 3.05) is 0 Å². The summed E-state index contributed by atoms with van der Waals surface area (Å²) in [6.45, 7) is 0. The molecule has 0 saturated heterocycles. The maximum Gasteiger partial charge on any atom is -0.00956 e. The maximum absolute atomic E-state index is 2.31. The highest BCUT2D eigenvalue weighted by molar-refractivity contribution is 7.39. The van der Waals surface area contributed by atoms with Crippen molar-refractivity contribution in [1.29, 1.82) is 0 Å². The Hall–Kier alpha value is -0.350. The highest BCUT2D eigenvalue weighted by atomic mass is 31.1. The van der Waals surface area contributed by atoms with Crippen molar-refractivity contribution in [2.45, 2.75) is 49.8 Å². The molecule has 1 atom stereocenters. The smallest absolute Gasteiger partial charge is 0.00956 e. The van der Waals surface area contributed by atoms with Gasteiger partial charge in [-0.1, -0.05) is 30.3 Å². The van der Waals surface area contributed by atoms with Gasteiger partial charge in [0.15, 0.2) is 0 Å². The summed E-state index contributed by atoms with van der Waals surface area (Å²) in [7, 11) is 1.18. The van der Waals surface area contributed by atoms with Gasteiger partial charge in [-0.15, -0.1) is 8.58 Å². The van der Waals surface area contributed by atoms with Gasteiger partial charge in [-0.05, 0) is 73.2 Å². The molecule has 4 aliphatic carbocycles. The standard InChI is InChI=1S/C17H23P/c1-2-4-13(5-3-1)12-18-17-9-14-6-15(10-17)8-16(7-14)11-17/h1-5,14-16,18H,6-12H2. The van der Waals surface area contributed by atoms with Crippen LogP contribution in [0.15, 0.2) is 30.3 Å². The van der Waals surface area contributed by atoms with Gasteiger partial charge in [0.1, 0.15) is 0 Å². The van der Waals surface area contributed by atoms with Crippen LogP contribution in [0.2, 0.25) is 0 Å². The average Bonchev–Trinajstić information content (AvgIpc) is 2.36. The molecular formula is C17H23P. The second kappa shape index (κ2) is 4.34. The van der Waals surface area contributed by atoms with E-state index in [1.165, 1.54) is 14.7 Å². The molecule has 0 N–H and O–H groups in total. The molecule has 0 spiro atoms. The molecule has 1 aromatic rings. The van der Waals surface area contributed by atoms with Crippen LogP contribution in [0, 0.1) is 17.8 Å². The van der Waals surface area contributed by atoms with Crippen LogP contribution >= 0.6 is 8.58 Å². The molecule has 0 nitrogen and oxygen atoms in total. The fourth-order valence-electron chi connectivity index (χ4n) is 5.21. The van der Waals surface area contributed by atoms with Crippen molar-refractivity contribution in [2.24, 2.45) is 17.8 Å². The monoisotopic (exact) mass is 258 g/mol. The van der Waals surface area contributed by atoms with Gasteiger partial charge in [0.2, 0.25) is 0 Å². The lowest BCUT2D eigenvalue weighted by Crippen LogP contribution is -2.47. The Morgan fingerprint density at radius 2 is 1.44 bits per heavy atom. The first kappa shape index (κ1) is 11.5. The molecule has 1 heteroatoms. The van der Waals surface area contributed by atoms with E-state index in [4.69, 9.17) is 0 Å². The Bertz CT molecular complexity index is 387. The van der Waals surface area contributed by atoms with Crippen molar-refractivity contribution < 1.29 is 0 Å². The van der Waals surface area contributed by atoms with Crippen LogP contribution in [0.1, 0.15) is 44.1 Å². The van der Waals surface area contributed by atoms with Crippen molar-refractivity contribution in [1.82, 2.24) is 0 Å². The van der Waals surface area contributed by atoms with E-state index in [0.717, 1.165) is 22.9 Å². The molecule has 0 radical (unpaired) electrons. The lowest BCUT2D eigenvalue weighted by atomic mass is 9.56. The van der Waals surface area contributed by atoms with Gasteiger partial charge in [-0.2, -0.15) is 0 Å². The zero-order chi connectivity index (χ0) is 12.0. The van der Waals surface area contributed by atoms with E-state index in [0.29, 0.717) is 0 Å². The summed E-state index contributed by atoms with van der Waals surface area (Å²) in [5.74, 6) is 3.33. The average molecular weight is 258 g/mol. The first-order valence-electron chi connectivity index (χ1n) is 7.60. The molecule has 0 aliphatic heterocycles. The van der Waals surface area contributed by atoms with Gasteiger partial charge in [0.25, 0.3) is 0 Å². The van der Waals surface area contributed by atoms with Crippen LogP contribution < -0.4 is 0 Å². The second-order valence-electron chi connectivity index (χ2n) is 7.04. The van der Waals surface area contributed by atoms with Gasteiger partial charge in [0, 0.05) is 0 Å². The lowest BCUT2D eigenvalue weighted by molar-refractivity contribution is 0.0367. The Morgan fingerprint density at radius 3 is 2.00 bits per heavy atom. The topological polar surface area (TPSA) is 0 Å². The summed E-state index contributed by atoms with van der Waals surface area (Å²) in [4.78, 5) is 0. The third-order valence-electron chi connectivity index (χ3n) is 5.55. The van der Waals surface area contributed by atoms with Crippen LogP contribution in [0.25, 0.3) is 0 Å². The van der Waals surface area contributed by atoms with Crippen molar-refractivity contribution in [3.05, 3.63) is 35.9 Å². The highest BCUT2D eigenvalue weighted by Crippen LogP contribution is 2.62. The van der Waals surface area contributed by atoms with Crippen LogP contribution in [-0.4, -0.2) is 5.16 Å². The summed E-state index contributed by atoms with van der Waals surface area (Å²) < 4.78 is 0. The van der Waals surface area contributed by atoms with Gasteiger partial charge >= 0.3 is 0 Å². The SMILES string of the molecule is c1ccc(CPC23CC4CC(CC(C4)C2)C3)cc1. The van der Waals surface area contributed by atoms with E-state index in [1.807, 2.05) is 0 Å². The minimum atomic E-state index is 0.782. The maximum atomic E-state index is 2.31. The van der Waals surface area contributed by atoms with E-state index in [9.17, 15) is 0 Å². The molecule has 18 heavy (non-hydrogen) atoms. The summed E-state index contributed by atoms with van der Waals surface area (Å²) in [6, 6.07) is 11.2. The minimum Gasteiger partial charge on any atom is -0.111 e. The van der Waals surface area contributed by atoms with E-state index in [2.05, 4.69) is 30.3 Å². The summed E-state index contributed by atoms with van der Waals surface area (Å²) in [5, 5.41) is 0.782. The van der Waals surface area contributed by atoms with Gasteiger partial charge < -0.3 is 0 Å².